The lowest BCUT2D eigenvalue weighted by molar-refractivity contribution is 0.322. The van der Waals surface area contributed by atoms with Crippen molar-refractivity contribution in [2.45, 2.75) is 57.4 Å². The van der Waals surface area contributed by atoms with Gasteiger partial charge in [-0.15, -0.1) is 0 Å². The third-order valence-corrected chi connectivity index (χ3v) is 4.67. The normalized spacial score (nSPS) is 20.1. The topological polar surface area (TPSA) is 26.0 Å². The molecule has 0 spiro atoms. The Morgan fingerprint density at radius 3 is 2.17 bits per heavy atom. The fraction of sp³-hybridized carbons (Fsp3) is 0.625. The van der Waals surface area contributed by atoms with Gasteiger partial charge in [0.1, 0.15) is 0 Å². The van der Waals surface area contributed by atoms with E-state index in [9.17, 15) is 0 Å². The van der Waals surface area contributed by atoms with Crippen molar-refractivity contribution >= 4 is 15.9 Å². The number of rotatable bonds is 3. The minimum absolute atomic E-state index is 0.337. The molecule has 1 fully saturated rings. The summed E-state index contributed by atoms with van der Waals surface area (Å²) in [5.74, 6) is 0.731. The lowest BCUT2D eigenvalue weighted by Gasteiger charge is -2.26. The van der Waals surface area contributed by atoms with Gasteiger partial charge >= 0.3 is 0 Å². The second-order valence-electron chi connectivity index (χ2n) is 5.60. The molecule has 18 heavy (non-hydrogen) atoms. The summed E-state index contributed by atoms with van der Waals surface area (Å²) in [6, 6.07) is 8.93. The lowest BCUT2D eigenvalue weighted by atomic mass is 9.84. The monoisotopic (exact) mass is 309 g/mol. The maximum absolute atomic E-state index is 6.43. The summed E-state index contributed by atoms with van der Waals surface area (Å²) in [6.07, 6.45) is 10.7. The van der Waals surface area contributed by atoms with Crippen molar-refractivity contribution in [2.24, 2.45) is 11.7 Å². The molecule has 2 rings (SSSR count). The van der Waals surface area contributed by atoms with Crippen LogP contribution in [-0.2, 0) is 6.42 Å². The zero-order valence-electron chi connectivity index (χ0n) is 11.1. The quantitative estimate of drug-likeness (QED) is 0.862. The summed E-state index contributed by atoms with van der Waals surface area (Å²) in [5.41, 5.74) is 7.80. The van der Waals surface area contributed by atoms with E-state index < -0.39 is 0 Å². The number of hydrogen-bond acceptors (Lipinski definition) is 1. The SMILES string of the molecule is NC(Cc1ccc(Br)cc1)C1CCCCCCC1. The third-order valence-electron chi connectivity index (χ3n) is 4.14. The first kappa shape index (κ1) is 14.1. The average Bonchev–Trinajstić information content (AvgIpc) is 2.31. The average molecular weight is 310 g/mol. The Bertz CT molecular complexity index is 339. The molecule has 0 heterocycles. The molecule has 1 atom stereocenters. The Kier molecular flexibility index (Phi) is 5.71. The standard InChI is InChI=1S/C16H24BrN/c17-15-10-8-13(9-11-15)12-16(18)14-6-4-2-1-3-5-7-14/h8-11,14,16H,1-7,12,18H2. The minimum Gasteiger partial charge on any atom is -0.327 e. The fourth-order valence-electron chi connectivity index (χ4n) is 2.98. The summed E-state index contributed by atoms with van der Waals surface area (Å²) in [5, 5.41) is 0. The van der Waals surface area contributed by atoms with Gasteiger partial charge in [0.05, 0.1) is 0 Å². The Labute approximate surface area is 119 Å². The van der Waals surface area contributed by atoms with Gasteiger partial charge in [0.2, 0.25) is 0 Å². The van der Waals surface area contributed by atoms with Crippen LogP contribution in [0.5, 0.6) is 0 Å². The van der Waals surface area contributed by atoms with Gasteiger partial charge in [0, 0.05) is 10.5 Å². The van der Waals surface area contributed by atoms with Crippen molar-refractivity contribution in [1.82, 2.24) is 0 Å². The number of halogens is 1. The molecule has 100 valence electrons. The second kappa shape index (κ2) is 7.30. The molecule has 0 bridgehead atoms. The summed E-state index contributed by atoms with van der Waals surface area (Å²) in [7, 11) is 0. The highest BCUT2D eigenvalue weighted by Gasteiger charge is 2.18. The molecule has 0 saturated heterocycles. The molecule has 0 aromatic heterocycles. The van der Waals surface area contributed by atoms with Gasteiger partial charge in [-0.25, -0.2) is 0 Å². The molecule has 1 aliphatic rings. The van der Waals surface area contributed by atoms with Crippen LogP contribution in [0.15, 0.2) is 28.7 Å². The molecule has 1 aromatic rings. The predicted molar refractivity (Wildman–Crippen MR) is 81.6 cm³/mol. The van der Waals surface area contributed by atoms with Crippen molar-refractivity contribution in [3.05, 3.63) is 34.3 Å². The van der Waals surface area contributed by atoms with Crippen LogP contribution in [0.25, 0.3) is 0 Å². The highest BCUT2D eigenvalue weighted by atomic mass is 79.9. The zero-order chi connectivity index (χ0) is 12.8. The van der Waals surface area contributed by atoms with E-state index >= 15 is 0 Å². The Hall–Kier alpha value is -0.340. The summed E-state index contributed by atoms with van der Waals surface area (Å²) in [6.45, 7) is 0. The van der Waals surface area contributed by atoms with E-state index in [1.54, 1.807) is 0 Å². The van der Waals surface area contributed by atoms with Gasteiger partial charge in [0.15, 0.2) is 0 Å². The van der Waals surface area contributed by atoms with Gasteiger partial charge in [-0.05, 0) is 42.9 Å². The zero-order valence-corrected chi connectivity index (χ0v) is 12.7. The second-order valence-corrected chi connectivity index (χ2v) is 6.52. The maximum Gasteiger partial charge on any atom is 0.0175 e. The van der Waals surface area contributed by atoms with Crippen molar-refractivity contribution in [3.63, 3.8) is 0 Å². The molecule has 1 nitrogen and oxygen atoms in total. The van der Waals surface area contributed by atoms with Crippen LogP contribution in [0.1, 0.15) is 50.5 Å². The van der Waals surface area contributed by atoms with Crippen molar-refractivity contribution < 1.29 is 0 Å². The maximum atomic E-state index is 6.43. The third kappa shape index (κ3) is 4.40. The Morgan fingerprint density at radius 1 is 1.00 bits per heavy atom. The van der Waals surface area contributed by atoms with E-state index in [4.69, 9.17) is 5.73 Å². The number of benzene rings is 1. The van der Waals surface area contributed by atoms with Crippen LogP contribution >= 0.6 is 15.9 Å². The number of hydrogen-bond donors (Lipinski definition) is 1. The Balaban J connectivity index is 1.89. The van der Waals surface area contributed by atoms with E-state index in [0.717, 1.165) is 16.8 Å². The van der Waals surface area contributed by atoms with Gasteiger partial charge < -0.3 is 5.73 Å². The lowest BCUT2D eigenvalue weighted by Crippen LogP contribution is -2.32. The molecule has 2 heteroatoms. The number of nitrogens with two attached hydrogens (primary N) is 1. The van der Waals surface area contributed by atoms with Crippen molar-refractivity contribution in [2.75, 3.05) is 0 Å². The van der Waals surface area contributed by atoms with Crippen molar-refractivity contribution in [1.29, 1.82) is 0 Å². The van der Waals surface area contributed by atoms with Crippen molar-refractivity contribution in [3.8, 4) is 0 Å². The summed E-state index contributed by atoms with van der Waals surface area (Å²) >= 11 is 3.48. The van der Waals surface area contributed by atoms with E-state index in [1.165, 1.54) is 50.5 Å². The molecule has 2 N–H and O–H groups in total. The first-order chi connectivity index (χ1) is 8.75. The molecule has 0 radical (unpaired) electrons. The molecule has 1 saturated carbocycles. The highest BCUT2D eigenvalue weighted by Crippen LogP contribution is 2.25. The van der Waals surface area contributed by atoms with Gasteiger partial charge in [-0.3, -0.25) is 0 Å². The van der Waals surface area contributed by atoms with Gasteiger partial charge in [-0.2, -0.15) is 0 Å². The van der Waals surface area contributed by atoms with Gasteiger partial charge in [0.25, 0.3) is 0 Å². The molecular formula is C16H24BrN. The van der Waals surface area contributed by atoms with E-state index in [2.05, 4.69) is 40.2 Å². The van der Waals surface area contributed by atoms with Crippen LogP contribution in [0.4, 0.5) is 0 Å². The van der Waals surface area contributed by atoms with E-state index in [0.29, 0.717) is 6.04 Å². The fourth-order valence-corrected chi connectivity index (χ4v) is 3.24. The summed E-state index contributed by atoms with van der Waals surface area (Å²) < 4.78 is 1.14. The molecular weight excluding hydrogens is 286 g/mol. The van der Waals surface area contributed by atoms with Crippen LogP contribution in [0.2, 0.25) is 0 Å². The first-order valence-corrected chi connectivity index (χ1v) is 8.05. The molecule has 1 unspecified atom stereocenters. The largest absolute Gasteiger partial charge is 0.327 e. The molecule has 1 aliphatic carbocycles. The molecule has 0 amide bonds. The molecule has 0 aliphatic heterocycles. The minimum atomic E-state index is 0.337. The van der Waals surface area contributed by atoms with Crippen LogP contribution in [0, 0.1) is 5.92 Å². The van der Waals surface area contributed by atoms with Gasteiger partial charge in [-0.1, -0.05) is 60.2 Å². The molecule has 1 aromatic carbocycles. The van der Waals surface area contributed by atoms with Crippen LogP contribution < -0.4 is 5.73 Å². The highest BCUT2D eigenvalue weighted by molar-refractivity contribution is 9.10. The van der Waals surface area contributed by atoms with E-state index in [1.807, 2.05) is 0 Å². The summed E-state index contributed by atoms with van der Waals surface area (Å²) in [4.78, 5) is 0. The smallest absolute Gasteiger partial charge is 0.0175 e. The van der Waals surface area contributed by atoms with E-state index in [-0.39, 0.29) is 0 Å². The van der Waals surface area contributed by atoms with Crippen LogP contribution in [-0.4, -0.2) is 6.04 Å². The predicted octanol–water partition coefficient (Wildman–Crippen LogP) is 4.68. The van der Waals surface area contributed by atoms with Crippen LogP contribution in [0.3, 0.4) is 0 Å². The first-order valence-electron chi connectivity index (χ1n) is 7.26. The Morgan fingerprint density at radius 2 is 1.56 bits per heavy atom.